The average molecular weight is 251 g/mol. The third-order valence-electron chi connectivity index (χ3n) is 2.15. The molecule has 0 atom stereocenters. The topological polar surface area (TPSA) is 75.3 Å². The number of rotatable bonds is 1. The summed E-state index contributed by atoms with van der Waals surface area (Å²) in [5.74, 6) is -1.47. The van der Waals surface area contributed by atoms with Gasteiger partial charge in [0.1, 0.15) is 5.57 Å². The average Bonchev–Trinajstić information content (AvgIpc) is 2.25. The number of imide groups is 2. The summed E-state index contributed by atoms with van der Waals surface area (Å²) in [5.41, 5.74) is 0.376. The summed E-state index contributed by atoms with van der Waals surface area (Å²) in [6.45, 7) is 0. The standard InChI is InChI=1S/C11H7ClN2O3/c12-8-4-2-1-3-6(8)5-7-9(15)13-11(17)14-10(7)16/h1-5H,(H2,13,14,15,16,17). The van der Waals surface area contributed by atoms with Gasteiger partial charge in [0.25, 0.3) is 11.8 Å². The lowest BCUT2D eigenvalue weighted by atomic mass is 10.1. The van der Waals surface area contributed by atoms with Gasteiger partial charge in [-0.05, 0) is 17.7 Å². The first-order valence-corrected chi connectivity index (χ1v) is 5.08. The van der Waals surface area contributed by atoms with E-state index >= 15 is 0 Å². The number of urea groups is 1. The summed E-state index contributed by atoms with van der Waals surface area (Å²) in [5, 5.41) is 4.37. The minimum atomic E-state index is -0.823. The Kier molecular flexibility index (Phi) is 2.93. The number of benzene rings is 1. The van der Waals surface area contributed by atoms with Crippen molar-refractivity contribution in [1.29, 1.82) is 0 Å². The van der Waals surface area contributed by atoms with Gasteiger partial charge in [-0.3, -0.25) is 20.2 Å². The van der Waals surface area contributed by atoms with Crippen LogP contribution in [0.5, 0.6) is 0 Å². The van der Waals surface area contributed by atoms with E-state index in [2.05, 4.69) is 0 Å². The van der Waals surface area contributed by atoms with Crippen molar-refractivity contribution in [2.45, 2.75) is 0 Å². The molecule has 86 valence electrons. The Morgan fingerprint density at radius 3 is 2.18 bits per heavy atom. The lowest BCUT2D eigenvalue weighted by Gasteiger charge is -2.13. The zero-order valence-electron chi connectivity index (χ0n) is 8.49. The van der Waals surface area contributed by atoms with E-state index < -0.39 is 17.8 Å². The second-order valence-corrected chi connectivity index (χ2v) is 3.72. The monoisotopic (exact) mass is 250 g/mol. The molecule has 0 aromatic heterocycles. The van der Waals surface area contributed by atoms with Crippen LogP contribution in [0.25, 0.3) is 6.08 Å². The smallest absolute Gasteiger partial charge is 0.273 e. The molecule has 1 heterocycles. The number of halogens is 1. The molecule has 6 heteroatoms. The van der Waals surface area contributed by atoms with Gasteiger partial charge in [-0.25, -0.2) is 4.79 Å². The summed E-state index contributed by atoms with van der Waals surface area (Å²) < 4.78 is 0. The van der Waals surface area contributed by atoms with Crippen LogP contribution in [0.15, 0.2) is 29.8 Å². The molecule has 17 heavy (non-hydrogen) atoms. The van der Waals surface area contributed by atoms with Gasteiger partial charge in [-0.15, -0.1) is 0 Å². The number of hydrogen-bond donors (Lipinski definition) is 2. The largest absolute Gasteiger partial charge is 0.328 e. The van der Waals surface area contributed by atoms with Gasteiger partial charge in [0.2, 0.25) is 0 Å². The first-order valence-electron chi connectivity index (χ1n) is 4.71. The van der Waals surface area contributed by atoms with Crippen LogP contribution < -0.4 is 10.6 Å². The molecule has 4 amide bonds. The maximum Gasteiger partial charge on any atom is 0.328 e. The van der Waals surface area contributed by atoms with E-state index in [1.54, 1.807) is 24.3 Å². The number of nitrogens with one attached hydrogen (secondary N) is 2. The van der Waals surface area contributed by atoms with Gasteiger partial charge in [0.15, 0.2) is 0 Å². The minimum absolute atomic E-state index is 0.155. The quantitative estimate of drug-likeness (QED) is 0.579. The van der Waals surface area contributed by atoms with Crippen molar-refractivity contribution in [3.8, 4) is 0 Å². The lowest BCUT2D eigenvalue weighted by Crippen LogP contribution is -2.51. The van der Waals surface area contributed by atoms with E-state index in [4.69, 9.17) is 11.6 Å². The molecule has 0 bridgehead atoms. The zero-order chi connectivity index (χ0) is 12.4. The molecule has 0 radical (unpaired) electrons. The van der Waals surface area contributed by atoms with Gasteiger partial charge in [-0.2, -0.15) is 0 Å². The van der Waals surface area contributed by atoms with E-state index in [1.165, 1.54) is 6.08 Å². The number of carbonyl (C=O) groups is 3. The van der Waals surface area contributed by atoms with Crippen molar-refractivity contribution in [2.24, 2.45) is 0 Å². The Labute approximate surface area is 101 Å². The fourth-order valence-electron chi connectivity index (χ4n) is 1.35. The molecule has 0 spiro atoms. The second-order valence-electron chi connectivity index (χ2n) is 3.32. The molecule has 0 aliphatic carbocycles. The Morgan fingerprint density at radius 1 is 1.00 bits per heavy atom. The van der Waals surface area contributed by atoms with Crippen LogP contribution in [-0.2, 0) is 9.59 Å². The van der Waals surface area contributed by atoms with E-state index in [0.717, 1.165) is 0 Å². The normalized spacial score (nSPS) is 15.4. The zero-order valence-corrected chi connectivity index (χ0v) is 9.25. The predicted molar refractivity (Wildman–Crippen MR) is 61.1 cm³/mol. The number of amides is 4. The first kappa shape index (κ1) is 11.3. The van der Waals surface area contributed by atoms with E-state index in [9.17, 15) is 14.4 Å². The Balaban J connectivity index is 2.40. The summed E-state index contributed by atoms with van der Waals surface area (Å²) >= 11 is 5.89. The third kappa shape index (κ3) is 2.34. The fourth-order valence-corrected chi connectivity index (χ4v) is 1.54. The van der Waals surface area contributed by atoms with Gasteiger partial charge in [-0.1, -0.05) is 29.8 Å². The Morgan fingerprint density at radius 2 is 1.59 bits per heavy atom. The van der Waals surface area contributed by atoms with Crippen LogP contribution in [-0.4, -0.2) is 17.8 Å². The molecule has 1 aromatic carbocycles. The van der Waals surface area contributed by atoms with Crippen molar-refractivity contribution in [3.05, 3.63) is 40.4 Å². The van der Waals surface area contributed by atoms with Crippen LogP contribution in [0, 0.1) is 0 Å². The van der Waals surface area contributed by atoms with Crippen molar-refractivity contribution < 1.29 is 14.4 Å². The maximum absolute atomic E-state index is 11.4. The summed E-state index contributed by atoms with van der Waals surface area (Å²) in [4.78, 5) is 33.7. The molecule has 1 aliphatic rings. The molecule has 1 saturated heterocycles. The molecular weight excluding hydrogens is 244 g/mol. The number of hydrogen-bond acceptors (Lipinski definition) is 3. The van der Waals surface area contributed by atoms with Gasteiger partial charge in [0, 0.05) is 5.02 Å². The lowest BCUT2D eigenvalue weighted by molar-refractivity contribution is -0.123. The van der Waals surface area contributed by atoms with Crippen molar-refractivity contribution >= 4 is 35.5 Å². The van der Waals surface area contributed by atoms with Gasteiger partial charge < -0.3 is 0 Å². The molecule has 1 aliphatic heterocycles. The van der Waals surface area contributed by atoms with E-state index in [0.29, 0.717) is 10.6 Å². The highest BCUT2D eigenvalue weighted by Crippen LogP contribution is 2.18. The summed E-state index contributed by atoms with van der Waals surface area (Å²) in [7, 11) is 0. The number of barbiturate groups is 1. The van der Waals surface area contributed by atoms with Crippen LogP contribution in [0.2, 0.25) is 5.02 Å². The second kappa shape index (κ2) is 4.39. The Hall–Kier alpha value is -2.14. The van der Waals surface area contributed by atoms with E-state index in [1.807, 2.05) is 10.6 Å². The Bertz CT molecular complexity index is 529. The van der Waals surface area contributed by atoms with Crippen LogP contribution in [0.4, 0.5) is 4.79 Å². The molecule has 2 rings (SSSR count). The van der Waals surface area contributed by atoms with Crippen molar-refractivity contribution in [2.75, 3.05) is 0 Å². The van der Waals surface area contributed by atoms with Crippen LogP contribution >= 0.6 is 11.6 Å². The predicted octanol–water partition coefficient (Wildman–Crippen LogP) is 1.09. The van der Waals surface area contributed by atoms with Crippen molar-refractivity contribution in [1.82, 2.24) is 10.6 Å². The minimum Gasteiger partial charge on any atom is -0.273 e. The molecule has 1 fully saturated rings. The highest BCUT2D eigenvalue weighted by atomic mass is 35.5. The maximum atomic E-state index is 11.4. The number of carbonyl (C=O) groups excluding carboxylic acids is 3. The molecule has 0 saturated carbocycles. The fraction of sp³-hybridized carbons (Fsp3) is 0. The molecule has 1 aromatic rings. The van der Waals surface area contributed by atoms with Crippen molar-refractivity contribution in [3.63, 3.8) is 0 Å². The van der Waals surface area contributed by atoms with Crippen LogP contribution in [0.1, 0.15) is 5.56 Å². The van der Waals surface area contributed by atoms with Gasteiger partial charge >= 0.3 is 6.03 Å². The SMILES string of the molecule is O=C1NC(=O)C(=Cc2ccccc2Cl)C(=O)N1. The van der Waals surface area contributed by atoms with E-state index in [-0.39, 0.29) is 5.57 Å². The highest BCUT2D eigenvalue weighted by molar-refractivity contribution is 6.34. The van der Waals surface area contributed by atoms with Gasteiger partial charge in [0.05, 0.1) is 0 Å². The highest BCUT2D eigenvalue weighted by Gasteiger charge is 2.27. The summed E-state index contributed by atoms with van der Waals surface area (Å²) in [6, 6.07) is 5.93. The first-order chi connectivity index (χ1) is 8.08. The summed E-state index contributed by atoms with van der Waals surface area (Å²) in [6.07, 6.45) is 1.33. The third-order valence-corrected chi connectivity index (χ3v) is 2.49. The molecular formula is C11H7ClN2O3. The molecule has 5 nitrogen and oxygen atoms in total. The molecule has 2 N–H and O–H groups in total. The molecule has 0 unspecified atom stereocenters. The van der Waals surface area contributed by atoms with Crippen LogP contribution in [0.3, 0.4) is 0 Å².